The molecule has 2 aromatic carbocycles. The molecule has 0 spiro atoms. The van der Waals surface area contributed by atoms with Crippen LogP contribution < -0.4 is 4.90 Å². The number of amides is 1. The number of benzene rings is 2. The van der Waals surface area contributed by atoms with Gasteiger partial charge in [-0.3, -0.25) is 4.79 Å². The van der Waals surface area contributed by atoms with E-state index in [4.69, 9.17) is 19.4 Å². The van der Waals surface area contributed by atoms with E-state index in [1.807, 2.05) is 35.2 Å². The molecule has 0 radical (unpaired) electrons. The van der Waals surface area contributed by atoms with Gasteiger partial charge in [0.2, 0.25) is 5.91 Å². The highest BCUT2D eigenvalue weighted by Gasteiger charge is 2.32. The van der Waals surface area contributed by atoms with E-state index in [-0.39, 0.29) is 24.9 Å². The molecule has 206 valence electrons. The van der Waals surface area contributed by atoms with Crippen LogP contribution in [0.1, 0.15) is 28.8 Å². The Kier molecular flexibility index (Phi) is 8.13. The van der Waals surface area contributed by atoms with Crippen molar-refractivity contribution in [3.8, 4) is 11.4 Å². The summed E-state index contributed by atoms with van der Waals surface area (Å²) in [4.78, 5) is 26.6. The lowest BCUT2D eigenvalue weighted by Gasteiger charge is -2.37. The van der Waals surface area contributed by atoms with Gasteiger partial charge in [0.1, 0.15) is 5.82 Å². The van der Waals surface area contributed by atoms with Crippen LogP contribution in [0.3, 0.4) is 0 Å². The van der Waals surface area contributed by atoms with Crippen LogP contribution in [0.2, 0.25) is 0 Å². The fourth-order valence-electron chi connectivity index (χ4n) is 5.12. The van der Waals surface area contributed by atoms with E-state index in [9.17, 15) is 18.0 Å². The summed E-state index contributed by atoms with van der Waals surface area (Å²) in [6, 6.07) is 14.9. The van der Waals surface area contributed by atoms with Crippen LogP contribution in [0, 0.1) is 5.92 Å². The van der Waals surface area contributed by atoms with Crippen molar-refractivity contribution in [2.24, 2.45) is 5.92 Å². The van der Waals surface area contributed by atoms with E-state index in [1.54, 1.807) is 13.2 Å². The lowest BCUT2D eigenvalue weighted by molar-refractivity contribution is -0.137. The van der Waals surface area contributed by atoms with E-state index in [2.05, 4.69) is 4.90 Å². The van der Waals surface area contributed by atoms with Crippen molar-refractivity contribution in [3.05, 3.63) is 77.0 Å². The second kappa shape index (κ2) is 11.7. The van der Waals surface area contributed by atoms with Crippen molar-refractivity contribution < 1.29 is 27.4 Å². The molecule has 0 bridgehead atoms. The summed E-state index contributed by atoms with van der Waals surface area (Å²) < 4.78 is 51.2. The van der Waals surface area contributed by atoms with Gasteiger partial charge in [0.25, 0.3) is 0 Å². The van der Waals surface area contributed by atoms with Crippen LogP contribution in [-0.4, -0.2) is 67.3 Å². The van der Waals surface area contributed by atoms with Gasteiger partial charge in [-0.05, 0) is 18.1 Å². The van der Waals surface area contributed by atoms with E-state index in [1.165, 1.54) is 12.1 Å². The summed E-state index contributed by atoms with van der Waals surface area (Å²) in [7, 11) is 1.56. The summed E-state index contributed by atoms with van der Waals surface area (Å²) in [6.45, 7) is 3.42. The summed E-state index contributed by atoms with van der Waals surface area (Å²) in [5.74, 6) is 1.20. The molecule has 0 aliphatic carbocycles. The molecule has 1 amide bonds. The Bertz CT molecular complexity index is 1290. The quantitative estimate of drug-likeness (QED) is 0.437. The molecule has 1 atom stereocenters. The molecular weight excluding hydrogens is 509 g/mol. The Labute approximate surface area is 225 Å². The average molecular weight is 541 g/mol. The Morgan fingerprint density at radius 3 is 2.49 bits per heavy atom. The van der Waals surface area contributed by atoms with Gasteiger partial charge in [-0.1, -0.05) is 48.5 Å². The largest absolute Gasteiger partial charge is 0.416 e. The highest BCUT2D eigenvalue weighted by atomic mass is 19.4. The summed E-state index contributed by atoms with van der Waals surface area (Å²) in [6.07, 6.45) is -3.48. The lowest BCUT2D eigenvalue weighted by Crippen LogP contribution is -2.51. The predicted molar refractivity (Wildman–Crippen MR) is 140 cm³/mol. The van der Waals surface area contributed by atoms with Gasteiger partial charge in [0, 0.05) is 57.4 Å². The number of ether oxygens (including phenoxy) is 2. The Morgan fingerprint density at radius 2 is 1.82 bits per heavy atom. The minimum Gasteiger partial charge on any atom is -0.381 e. The third kappa shape index (κ3) is 6.23. The van der Waals surface area contributed by atoms with Crippen molar-refractivity contribution in [2.75, 3.05) is 51.4 Å². The van der Waals surface area contributed by atoms with Crippen molar-refractivity contribution in [1.82, 2.24) is 14.9 Å². The van der Waals surface area contributed by atoms with Gasteiger partial charge in [0.05, 0.1) is 30.4 Å². The standard InChI is InChI=1S/C29H31F3N4O3/c1-38-19-25-24(17-20-6-5-9-23(16-20)29(30,31)32)27(34-26(33-25)21-7-3-2-4-8-21)35-11-13-36(14-12-35)28(37)22-10-15-39-18-22/h2-9,16,22H,10-15,17-19H2,1H3. The maximum absolute atomic E-state index is 13.4. The molecule has 1 unspecified atom stereocenters. The van der Waals surface area contributed by atoms with Gasteiger partial charge in [-0.25, -0.2) is 9.97 Å². The molecule has 7 nitrogen and oxygen atoms in total. The van der Waals surface area contributed by atoms with E-state index in [0.29, 0.717) is 62.3 Å². The van der Waals surface area contributed by atoms with Crippen LogP contribution in [0.25, 0.3) is 11.4 Å². The first kappa shape index (κ1) is 27.1. The third-order valence-corrected chi connectivity index (χ3v) is 7.19. The smallest absolute Gasteiger partial charge is 0.381 e. The molecule has 2 aliphatic rings. The fraction of sp³-hybridized carbons (Fsp3) is 0.414. The van der Waals surface area contributed by atoms with Crippen molar-refractivity contribution >= 4 is 11.7 Å². The van der Waals surface area contributed by atoms with Crippen LogP contribution in [0.5, 0.6) is 0 Å². The van der Waals surface area contributed by atoms with Crippen LogP contribution in [0.15, 0.2) is 54.6 Å². The molecule has 2 aliphatic heterocycles. The molecule has 2 saturated heterocycles. The first-order valence-electron chi connectivity index (χ1n) is 13.0. The normalized spacial score (nSPS) is 18.0. The molecular formula is C29H31F3N4O3. The van der Waals surface area contributed by atoms with E-state index >= 15 is 0 Å². The fourth-order valence-corrected chi connectivity index (χ4v) is 5.12. The van der Waals surface area contributed by atoms with Gasteiger partial charge in [-0.15, -0.1) is 0 Å². The maximum Gasteiger partial charge on any atom is 0.416 e. The second-order valence-electron chi connectivity index (χ2n) is 9.84. The zero-order valence-electron chi connectivity index (χ0n) is 21.8. The summed E-state index contributed by atoms with van der Waals surface area (Å²) >= 11 is 0. The van der Waals surface area contributed by atoms with Gasteiger partial charge < -0.3 is 19.3 Å². The minimum absolute atomic E-state index is 0.0925. The maximum atomic E-state index is 13.4. The predicted octanol–water partition coefficient (Wildman–Crippen LogP) is 4.58. The molecule has 1 aromatic heterocycles. The van der Waals surface area contributed by atoms with E-state index < -0.39 is 11.7 Å². The molecule has 39 heavy (non-hydrogen) atoms. The van der Waals surface area contributed by atoms with Crippen molar-refractivity contribution in [2.45, 2.75) is 25.6 Å². The van der Waals surface area contributed by atoms with Crippen LogP contribution in [0.4, 0.5) is 19.0 Å². The minimum atomic E-state index is -4.44. The summed E-state index contributed by atoms with van der Waals surface area (Å²) in [5.41, 5.74) is 1.99. The number of aromatic nitrogens is 2. The molecule has 5 rings (SSSR count). The number of alkyl halides is 3. The van der Waals surface area contributed by atoms with Gasteiger partial charge in [-0.2, -0.15) is 13.2 Å². The zero-order valence-corrected chi connectivity index (χ0v) is 21.8. The highest BCUT2D eigenvalue weighted by molar-refractivity contribution is 5.79. The Hall–Kier alpha value is -3.50. The number of hydrogen-bond acceptors (Lipinski definition) is 6. The van der Waals surface area contributed by atoms with Crippen LogP contribution >= 0.6 is 0 Å². The molecule has 10 heteroatoms. The molecule has 2 fully saturated rings. The lowest BCUT2D eigenvalue weighted by atomic mass is 10.0. The monoisotopic (exact) mass is 540 g/mol. The number of carbonyl (C=O) groups excluding carboxylic acids is 1. The molecule has 0 saturated carbocycles. The second-order valence-corrected chi connectivity index (χ2v) is 9.84. The topological polar surface area (TPSA) is 67.8 Å². The number of halogens is 3. The van der Waals surface area contributed by atoms with Crippen molar-refractivity contribution in [1.29, 1.82) is 0 Å². The number of rotatable bonds is 7. The molecule has 3 heterocycles. The number of carbonyl (C=O) groups is 1. The number of piperazine rings is 1. The third-order valence-electron chi connectivity index (χ3n) is 7.19. The summed E-state index contributed by atoms with van der Waals surface area (Å²) in [5, 5.41) is 0. The Morgan fingerprint density at radius 1 is 1.05 bits per heavy atom. The Balaban J connectivity index is 1.50. The first-order valence-corrected chi connectivity index (χ1v) is 13.0. The highest BCUT2D eigenvalue weighted by Crippen LogP contribution is 2.33. The van der Waals surface area contributed by atoms with Crippen LogP contribution in [-0.2, 0) is 33.5 Å². The SMILES string of the molecule is COCc1nc(-c2ccccc2)nc(N2CCN(C(=O)C3CCOC3)CC2)c1Cc1cccc(C(F)(F)F)c1. The number of hydrogen-bond donors (Lipinski definition) is 0. The van der Waals surface area contributed by atoms with Crippen molar-refractivity contribution in [3.63, 3.8) is 0 Å². The zero-order chi connectivity index (χ0) is 27.4. The average Bonchev–Trinajstić information content (AvgIpc) is 3.49. The number of nitrogens with zero attached hydrogens (tertiary/aromatic N) is 4. The van der Waals surface area contributed by atoms with Gasteiger partial charge in [0.15, 0.2) is 5.82 Å². The molecule has 0 N–H and O–H groups in total. The molecule has 3 aromatic rings. The van der Waals surface area contributed by atoms with Gasteiger partial charge >= 0.3 is 6.18 Å². The first-order chi connectivity index (χ1) is 18.8. The number of methoxy groups -OCH3 is 1. The van der Waals surface area contributed by atoms with E-state index in [0.717, 1.165) is 23.6 Å². The number of anilines is 1.